The van der Waals surface area contributed by atoms with Crippen molar-refractivity contribution < 1.29 is 0 Å². The van der Waals surface area contributed by atoms with Crippen LogP contribution < -0.4 is 10.6 Å². The number of aromatic nitrogens is 1. The number of guanidine groups is 1. The van der Waals surface area contributed by atoms with Crippen molar-refractivity contribution in [2.75, 3.05) is 38.5 Å². The van der Waals surface area contributed by atoms with Gasteiger partial charge in [-0.05, 0) is 49.7 Å². The minimum Gasteiger partial charge on any atom is -0.370 e. The van der Waals surface area contributed by atoms with E-state index in [1.165, 1.54) is 38.8 Å². The number of likely N-dealkylation sites (tertiary alicyclic amines) is 1. The van der Waals surface area contributed by atoms with E-state index in [9.17, 15) is 0 Å². The molecule has 1 aromatic heterocycles. The summed E-state index contributed by atoms with van der Waals surface area (Å²) in [6.07, 6.45) is 9.69. The number of nitrogens with one attached hydrogen (secondary N) is 2. The van der Waals surface area contributed by atoms with Gasteiger partial charge in [-0.15, -0.1) is 24.0 Å². The zero-order chi connectivity index (χ0) is 16.0. The lowest BCUT2D eigenvalue weighted by atomic mass is 9.68. The molecule has 1 saturated heterocycles. The van der Waals surface area contributed by atoms with E-state index in [4.69, 9.17) is 0 Å². The number of unbranched alkanes of at least 4 members (excludes halogenated alkanes) is 1. The van der Waals surface area contributed by atoms with Crippen LogP contribution in [0.1, 0.15) is 38.5 Å². The molecule has 0 atom stereocenters. The third-order valence-electron chi connectivity index (χ3n) is 5.22. The second-order valence-electron chi connectivity index (χ2n) is 6.85. The molecule has 0 aromatic carbocycles. The monoisotopic (exact) mass is 443 g/mol. The molecule has 3 rings (SSSR count). The first-order valence-corrected chi connectivity index (χ1v) is 8.92. The molecule has 2 aliphatic rings. The molecule has 0 bridgehead atoms. The smallest absolute Gasteiger partial charge is 0.193 e. The van der Waals surface area contributed by atoms with Gasteiger partial charge in [-0.1, -0.05) is 12.5 Å². The number of pyridine rings is 1. The van der Waals surface area contributed by atoms with Gasteiger partial charge in [-0.2, -0.15) is 0 Å². The zero-order valence-corrected chi connectivity index (χ0v) is 17.0. The van der Waals surface area contributed by atoms with Gasteiger partial charge in [-0.3, -0.25) is 4.99 Å². The van der Waals surface area contributed by atoms with Crippen LogP contribution in [-0.4, -0.2) is 49.1 Å². The van der Waals surface area contributed by atoms with E-state index in [2.05, 4.69) is 25.5 Å². The Morgan fingerprint density at radius 3 is 2.71 bits per heavy atom. The van der Waals surface area contributed by atoms with Crippen LogP contribution in [-0.2, 0) is 0 Å². The molecular weight excluding hydrogens is 413 g/mol. The van der Waals surface area contributed by atoms with E-state index < -0.39 is 0 Å². The standard InChI is InChI=1S/C18H29N5.HI/c1-19-17(23-14-10-18(15-23)8-6-9-18)22-13-5-4-12-21-16-7-2-3-11-20-16;/h2-3,7,11H,4-6,8-10,12-15H2,1H3,(H,19,22)(H,20,21);1H. The van der Waals surface area contributed by atoms with Gasteiger partial charge in [0.1, 0.15) is 5.82 Å². The Kier molecular flexibility index (Phi) is 7.58. The Morgan fingerprint density at radius 1 is 1.25 bits per heavy atom. The predicted octanol–water partition coefficient (Wildman–Crippen LogP) is 3.34. The summed E-state index contributed by atoms with van der Waals surface area (Å²) in [5.41, 5.74) is 0.629. The molecule has 1 aliphatic heterocycles. The Morgan fingerprint density at radius 2 is 2.08 bits per heavy atom. The van der Waals surface area contributed by atoms with Gasteiger partial charge in [-0.25, -0.2) is 4.98 Å². The summed E-state index contributed by atoms with van der Waals surface area (Å²) in [6, 6.07) is 5.95. The van der Waals surface area contributed by atoms with Crippen molar-refractivity contribution in [1.29, 1.82) is 0 Å². The third-order valence-corrected chi connectivity index (χ3v) is 5.22. The lowest BCUT2D eigenvalue weighted by Crippen LogP contribution is -2.42. The fourth-order valence-corrected chi connectivity index (χ4v) is 3.67. The van der Waals surface area contributed by atoms with Crippen LogP contribution in [0, 0.1) is 5.41 Å². The van der Waals surface area contributed by atoms with Crippen molar-refractivity contribution in [1.82, 2.24) is 15.2 Å². The molecule has 0 unspecified atom stereocenters. The molecule has 6 heteroatoms. The van der Waals surface area contributed by atoms with Crippen molar-refractivity contribution in [2.45, 2.75) is 38.5 Å². The van der Waals surface area contributed by atoms with Crippen molar-refractivity contribution >= 4 is 35.8 Å². The first-order valence-electron chi connectivity index (χ1n) is 8.92. The molecule has 2 heterocycles. The molecule has 1 saturated carbocycles. The molecule has 24 heavy (non-hydrogen) atoms. The Balaban J connectivity index is 0.00000208. The second-order valence-corrected chi connectivity index (χ2v) is 6.85. The number of hydrogen-bond donors (Lipinski definition) is 2. The van der Waals surface area contributed by atoms with Crippen LogP contribution in [0.4, 0.5) is 5.82 Å². The molecule has 134 valence electrons. The minimum absolute atomic E-state index is 0. The van der Waals surface area contributed by atoms with Gasteiger partial charge in [0.15, 0.2) is 5.96 Å². The lowest BCUT2D eigenvalue weighted by Gasteiger charge is -2.38. The summed E-state index contributed by atoms with van der Waals surface area (Å²) in [5.74, 6) is 2.05. The summed E-state index contributed by atoms with van der Waals surface area (Å²) < 4.78 is 0. The minimum atomic E-state index is 0. The molecule has 5 nitrogen and oxygen atoms in total. The maximum Gasteiger partial charge on any atom is 0.193 e. The fourth-order valence-electron chi connectivity index (χ4n) is 3.67. The van der Waals surface area contributed by atoms with E-state index in [0.29, 0.717) is 5.41 Å². The average Bonchev–Trinajstić information content (AvgIpc) is 3.01. The van der Waals surface area contributed by atoms with Crippen molar-refractivity contribution in [3.63, 3.8) is 0 Å². The highest BCUT2D eigenvalue weighted by Crippen LogP contribution is 2.47. The number of halogens is 1. The van der Waals surface area contributed by atoms with Gasteiger partial charge in [0.25, 0.3) is 0 Å². The Labute approximate surface area is 162 Å². The topological polar surface area (TPSA) is 52.6 Å². The highest BCUT2D eigenvalue weighted by molar-refractivity contribution is 14.0. The largest absolute Gasteiger partial charge is 0.370 e. The van der Waals surface area contributed by atoms with E-state index in [1.807, 2.05) is 31.4 Å². The van der Waals surface area contributed by atoms with Crippen LogP contribution in [0.25, 0.3) is 0 Å². The molecule has 1 aliphatic carbocycles. The highest BCUT2D eigenvalue weighted by Gasteiger charge is 2.43. The maximum absolute atomic E-state index is 4.47. The predicted molar refractivity (Wildman–Crippen MR) is 111 cm³/mol. The molecule has 1 aromatic rings. The Hall–Kier alpha value is -1.05. The van der Waals surface area contributed by atoms with Gasteiger partial charge in [0.2, 0.25) is 0 Å². The number of rotatable bonds is 6. The van der Waals surface area contributed by atoms with Gasteiger partial charge in [0, 0.05) is 39.4 Å². The summed E-state index contributed by atoms with van der Waals surface area (Å²) in [5, 5.41) is 6.88. The SMILES string of the molecule is CN=C(NCCCCNc1ccccn1)N1CCC2(CCC2)C1.I. The molecular formula is C18H30IN5. The van der Waals surface area contributed by atoms with E-state index >= 15 is 0 Å². The quantitative estimate of drug-likeness (QED) is 0.307. The number of aliphatic imine (C=N–C) groups is 1. The van der Waals surface area contributed by atoms with Crippen LogP contribution in [0.15, 0.2) is 29.4 Å². The van der Waals surface area contributed by atoms with Gasteiger partial charge < -0.3 is 15.5 Å². The van der Waals surface area contributed by atoms with Crippen LogP contribution >= 0.6 is 24.0 Å². The third kappa shape index (κ3) is 4.97. The van der Waals surface area contributed by atoms with E-state index in [0.717, 1.165) is 37.7 Å². The highest BCUT2D eigenvalue weighted by atomic mass is 127. The van der Waals surface area contributed by atoms with Crippen molar-refractivity contribution in [3.8, 4) is 0 Å². The second kappa shape index (κ2) is 9.44. The lowest BCUT2D eigenvalue weighted by molar-refractivity contribution is 0.151. The number of anilines is 1. The van der Waals surface area contributed by atoms with Gasteiger partial charge in [0.05, 0.1) is 0 Å². The summed E-state index contributed by atoms with van der Waals surface area (Å²) in [6.45, 7) is 4.32. The molecule has 2 N–H and O–H groups in total. The first-order chi connectivity index (χ1) is 11.3. The van der Waals surface area contributed by atoms with E-state index in [1.54, 1.807) is 0 Å². The Bertz CT molecular complexity index is 515. The molecule has 1 spiro atoms. The zero-order valence-electron chi connectivity index (χ0n) is 14.6. The number of nitrogens with zero attached hydrogens (tertiary/aromatic N) is 3. The summed E-state index contributed by atoms with van der Waals surface area (Å²) in [4.78, 5) is 11.2. The average molecular weight is 443 g/mol. The summed E-state index contributed by atoms with van der Waals surface area (Å²) in [7, 11) is 1.90. The maximum atomic E-state index is 4.47. The molecule has 0 radical (unpaired) electrons. The summed E-state index contributed by atoms with van der Waals surface area (Å²) >= 11 is 0. The van der Waals surface area contributed by atoms with Crippen LogP contribution in [0.5, 0.6) is 0 Å². The van der Waals surface area contributed by atoms with Crippen LogP contribution in [0.3, 0.4) is 0 Å². The van der Waals surface area contributed by atoms with Crippen molar-refractivity contribution in [2.24, 2.45) is 10.4 Å². The molecule has 0 amide bonds. The molecule has 2 fully saturated rings. The van der Waals surface area contributed by atoms with Gasteiger partial charge >= 0.3 is 0 Å². The normalized spacial score (nSPS) is 18.9. The van der Waals surface area contributed by atoms with Crippen molar-refractivity contribution in [3.05, 3.63) is 24.4 Å². The first kappa shape index (κ1) is 19.3. The van der Waals surface area contributed by atoms with Crippen LogP contribution in [0.2, 0.25) is 0 Å². The van der Waals surface area contributed by atoms with E-state index in [-0.39, 0.29) is 24.0 Å². The fraction of sp³-hybridized carbons (Fsp3) is 0.667. The number of hydrogen-bond acceptors (Lipinski definition) is 3.